The lowest BCUT2D eigenvalue weighted by molar-refractivity contribution is -0.385. The average Bonchev–Trinajstić information content (AvgIpc) is 2.83. The number of amides is 4. The van der Waals surface area contributed by atoms with Gasteiger partial charge in [0.1, 0.15) is 17.1 Å². The van der Waals surface area contributed by atoms with Crippen LogP contribution >= 0.6 is 15.9 Å². The Morgan fingerprint density at radius 2 is 1.66 bits per heavy atom. The van der Waals surface area contributed by atoms with Gasteiger partial charge in [0.15, 0.2) is 0 Å². The predicted octanol–water partition coefficient (Wildman–Crippen LogP) is 5.54. The van der Waals surface area contributed by atoms with Crippen molar-refractivity contribution >= 4 is 51.2 Å². The molecule has 1 fully saturated rings. The number of hydrogen-bond acceptors (Lipinski definition) is 7. The summed E-state index contributed by atoms with van der Waals surface area (Å²) in [7, 11) is 0. The van der Waals surface area contributed by atoms with Crippen LogP contribution in [-0.4, -0.2) is 27.9 Å². The summed E-state index contributed by atoms with van der Waals surface area (Å²) in [5.74, 6) is -2.85. The first-order chi connectivity index (χ1) is 17.8. The predicted molar refractivity (Wildman–Crippen MR) is 129 cm³/mol. The highest BCUT2D eigenvalue weighted by Gasteiger charge is 2.37. The highest BCUT2D eigenvalue weighted by atomic mass is 79.9. The molecule has 3 aromatic rings. The molecule has 14 heteroatoms. The number of nitro groups is 1. The van der Waals surface area contributed by atoms with E-state index in [0.29, 0.717) is 21.5 Å². The zero-order valence-corrected chi connectivity index (χ0v) is 20.2. The van der Waals surface area contributed by atoms with Gasteiger partial charge in [0, 0.05) is 16.1 Å². The number of nitrogens with one attached hydrogen (secondary N) is 1. The Balaban J connectivity index is 1.76. The first kappa shape index (κ1) is 26.3. The van der Waals surface area contributed by atoms with Crippen LogP contribution in [0.25, 0.3) is 6.08 Å². The summed E-state index contributed by atoms with van der Waals surface area (Å²) < 4.78 is 45.1. The number of alkyl halides is 3. The third kappa shape index (κ3) is 5.34. The van der Waals surface area contributed by atoms with Gasteiger partial charge in [-0.3, -0.25) is 25.0 Å². The minimum Gasteiger partial charge on any atom is -0.508 e. The number of barbiturate groups is 1. The van der Waals surface area contributed by atoms with E-state index in [1.807, 2.05) is 5.32 Å². The van der Waals surface area contributed by atoms with Crippen molar-refractivity contribution in [3.05, 3.63) is 92.0 Å². The molecule has 3 aromatic carbocycles. The summed E-state index contributed by atoms with van der Waals surface area (Å²) in [5.41, 5.74) is -2.64. The van der Waals surface area contributed by atoms with Crippen LogP contribution in [0.4, 0.5) is 29.3 Å². The summed E-state index contributed by atoms with van der Waals surface area (Å²) in [6, 6.07) is 9.85. The second-order valence-corrected chi connectivity index (χ2v) is 8.61. The molecule has 1 aliphatic rings. The van der Waals surface area contributed by atoms with Gasteiger partial charge in [-0.2, -0.15) is 13.2 Å². The molecule has 38 heavy (non-hydrogen) atoms. The van der Waals surface area contributed by atoms with Crippen LogP contribution in [0, 0.1) is 10.1 Å². The number of nitrogens with zero attached hydrogens (tertiary/aromatic N) is 2. The summed E-state index contributed by atoms with van der Waals surface area (Å²) in [6.07, 6.45) is -3.76. The molecule has 0 saturated carbocycles. The van der Waals surface area contributed by atoms with E-state index in [9.17, 15) is 42.8 Å². The van der Waals surface area contributed by atoms with Crippen LogP contribution < -0.4 is 15.0 Å². The van der Waals surface area contributed by atoms with Crippen molar-refractivity contribution in [2.75, 3.05) is 4.90 Å². The van der Waals surface area contributed by atoms with Crippen molar-refractivity contribution in [3.63, 3.8) is 0 Å². The van der Waals surface area contributed by atoms with Crippen molar-refractivity contribution in [2.45, 2.75) is 6.18 Å². The van der Waals surface area contributed by atoms with Gasteiger partial charge in [-0.1, -0.05) is 15.9 Å². The second kappa shape index (κ2) is 9.97. The molecule has 10 nitrogen and oxygen atoms in total. The molecule has 1 aliphatic heterocycles. The summed E-state index contributed by atoms with van der Waals surface area (Å²) in [6.45, 7) is 0. The third-order valence-corrected chi connectivity index (χ3v) is 5.68. The Morgan fingerprint density at radius 3 is 2.29 bits per heavy atom. The van der Waals surface area contributed by atoms with Crippen LogP contribution in [0.2, 0.25) is 0 Å². The normalized spacial score (nSPS) is 15.0. The number of halogens is 4. The maximum absolute atomic E-state index is 13.1. The molecule has 194 valence electrons. The van der Waals surface area contributed by atoms with Gasteiger partial charge in [-0.25, -0.2) is 9.69 Å². The molecule has 0 atom stereocenters. The summed E-state index contributed by atoms with van der Waals surface area (Å²) >= 11 is 3.22. The Morgan fingerprint density at radius 1 is 1.00 bits per heavy atom. The molecule has 1 saturated heterocycles. The van der Waals surface area contributed by atoms with Gasteiger partial charge in [0.05, 0.1) is 16.2 Å². The maximum Gasteiger partial charge on any atom is 0.416 e. The smallest absolute Gasteiger partial charge is 0.416 e. The summed E-state index contributed by atoms with van der Waals surface area (Å²) in [5, 5.41) is 22.9. The molecule has 0 bridgehead atoms. The number of phenols is 1. The zero-order valence-electron chi connectivity index (χ0n) is 18.7. The lowest BCUT2D eigenvalue weighted by atomic mass is 10.1. The minimum absolute atomic E-state index is 0.0343. The second-order valence-electron chi connectivity index (χ2n) is 7.70. The Kier molecular flexibility index (Phi) is 6.91. The van der Waals surface area contributed by atoms with Crippen molar-refractivity contribution in [2.24, 2.45) is 0 Å². The number of nitro benzene ring substituents is 1. The van der Waals surface area contributed by atoms with Crippen LogP contribution in [0.1, 0.15) is 11.1 Å². The van der Waals surface area contributed by atoms with Crippen LogP contribution in [0.5, 0.6) is 17.2 Å². The first-order valence-electron chi connectivity index (χ1n) is 10.4. The van der Waals surface area contributed by atoms with E-state index in [2.05, 4.69) is 15.9 Å². The highest BCUT2D eigenvalue weighted by molar-refractivity contribution is 9.10. The number of carbonyl (C=O) groups is 3. The van der Waals surface area contributed by atoms with Gasteiger partial charge < -0.3 is 9.84 Å². The summed E-state index contributed by atoms with van der Waals surface area (Å²) in [4.78, 5) is 49.1. The van der Waals surface area contributed by atoms with E-state index >= 15 is 0 Å². The lowest BCUT2D eigenvalue weighted by Crippen LogP contribution is -2.54. The van der Waals surface area contributed by atoms with Crippen molar-refractivity contribution in [1.82, 2.24) is 5.32 Å². The van der Waals surface area contributed by atoms with Crippen LogP contribution in [0.3, 0.4) is 0 Å². The number of imide groups is 2. The number of ether oxygens (including phenoxy) is 1. The number of aromatic hydroxyl groups is 1. The molecule has 4 rings (SSSR count). The molecule has 0 radical (unpaired) electrons. The first-order valence-corrected chi connectivity index (χ1v) is 11.2. The van der Waals surface area contributed by atoms with E-state index in [4.69, 9.17) is 4.74 Å². The molecule has 0 spiro atoms. The largest absolute Gasteiger partial charge is 0.508 e. The quantitative estimate of drug-likeness (QED) is 0.172. The highest BCUT2D eigenvalue weighted by Crippen LogP contribution is 2.39. The van der Waals surface area contributed by atoms with Crippen LogP contribution in [-0.2, 0) is 15.8 Å². The molecule has 4 amide bonds. The van der Waals surface area contributed by atoms with Crippen molar-refractivity contribution < 1.29 is 42.3 Å². The van der Waals surface area contributed by atoms with E-state index in [0.717, 1.165) is 12.1 Å². The van der Waals surface area contributed by atoms with Crippen LogP contribution in [0.15, 0.2) is 70.7 Å². The topological polar surface area (TPSA) is 139 Å². The number of rotatable bonds is 5. The molecular weight excluding hydrogens is 579 g/mol. The molecule has 1 heterocycles. The zero-order chi connectivity index (χ0) is 27.8. The number of benzene rings is 3. The van der Waals surface area contributed by atoms with Gasteiger partial charge in [-0.15, -0.1) is 0 Å². The molecule has 0 aromatic heterocycles. The molecule has 0 aliphatic carbocycles. The minimum atomic E-state index is -4.83. The Hall–Kier alpha value is -4.72. The number of hydrogen-bond donors (Lipinski definition) is 2. The van der Waals surface area contributed by atoms with Gasteiger partial charge in [0.2, 0.25) is 5.75 Å². The Labute approximate surface area is 219 Å². The molecule has 2 N–H and O–H groups in total. The van der Waals surface area contributed by atoms with Crippen molar-refractivity contribution in [3.8, 4) is 17.2 Å². The molecular formula is C24H13BrF3N3O7. The van der Waals surface area contributed by atoms with E-state index < -0.39 is 51.5 Å². The fourth-order valence-corrected chi connectivity index (χ4v) is 3.79. The fourth-order valence-electron chi connectivity index (χ4n) is 3.42. The number of carbonyl (C=O) groups excluding carboxylic acids is 3. The maximum atomic E-state index is 13.1. The average molecular weight is 592 g/mol. The number of urea groups is 1. The SMILES string of the molecule is O=C1NC(=O)N(c2ccc(O)cc2)C(=O)/C1=C/c1cc(Br)ccc1Oc1ccc(C(F)(F)F)cc1[N+](=O)[O-]. The third-order valence-electron chi connectivity index (χ3n) is 5.18. The fraction of sp³-hybridized carbons (Fsp3) is 0.0417. The van der Waals surface area contributed by atoms with E-state index in [1.54, 1.807) is 0 Å². The standard InChI is InChI=1S/C24H13BrF3N3O7/c25-14-2-8-19(38-20-7-1-13(24(26,27)28)11-18(20)31(36)37)12(9-14)10-17-21(33)29-23(35)30(22(17)34)15-3-5-16(32)6-4-15/h1-11,32H,(H,29,33,35)/b17-10+. The monoisotopic (exact) mass is 591 g/mol. The number of anilines is 1. The van der Waals surface area contributed by atoms with Gasteiger partial charge in [0.25, 0.3) is 11.8 Å². The Bertz CT molecular complexity index is 1520. The van der Waals surface area contributed by atoms with E-state index in [-0.39, 0.29) is 22.7 Å². The van der Waals surface area contributed by atoms with Crippen molar-refractivity contribution in [1.29, 1.82) is 0 Å². The number of phenolic OH excluding ortho intramolecular Hbond substituents is 1. The van der Waals surface area contributed by atoms with E-state index in [1.165, 1.54) is 42.5 Å². The lowest BCUT2D eigenvalue weighted by Gasteiger charge is -2.26. The van der Waals surface area contributed by atoms with Gasteiger partial charge in [-0.05, 0) is 60.7 Å². The van der Waals surface area contributed by atoms with Gasteiger partial charge >= 0.3 is 17.9 Å². The molecule has 0 unspecified atom stereocenters.